The molecule has 2 rings (SSSR count). The first-order chi connectivity index (χ1) is 7.63. The van der Waals surface area contributed by atoms with Crippen molar-refractivity contribution in [2.45, 2.75) is 18.0 Å². The molecule has 16 heavy (non-hydrogen) atoms. The zero-order chi connectivity index (χ0) is 11.7. The normalized spacial score (nSPS) is 23.2. The number of carbonyl (C=O) groups is 1. The molecule has 1 aromatic carbocycles. The second-order valence-corrected chi connectivity index (χ2v) is 4.12. The molecule has 1 heterocycles. The molecule has 0 aromatic heterocycles. The molecule has 1 aliphatic heterocycles. The SMILES string of the molecule is COC(=O)c1cccc2c1OC(S)CC2O. The number of para-hydroxylation sites is 1. The Hall–Kier alpha value is -1.20. The lowest BCUT2D eigenvalue weighted by Crippen LogP contribution is -2.22. The van der Waals surface area contributed by atoms with Crippen LogP contribution in [0, 0.1) is 0 Å². The molecule has 5 heteroatoms. The number of carbonyl (C=O) groups excluding carboxylic acids is 1. The highest BCUT2D eigenvalue weighted by Crippen LogP contribution is 2.38. The molecule has 1 N–H and O–H groups in total. The molecule has 2 atom stereocenters. The molecule has 0 radical (unpaired) electrons. The van der Waals surface area contributed by atoms with Crippen LogP contribution in [0.4, 0.5) is 0 Å². The summed E-state index contributed by atoms with van der Waals surface area (Å²) in [4.78, 5) is 11.5. The van der Waals surface area contributed by atoms with E-state index in [-0.39, 0.29) is 0 Å². The summed E-state index contributed by atoms with van der Waals surface area (Å²) in [5.41, 5.74) is 0.513. The fraction of sp³-hybridized carbons (Fsp3) is 0.364. The van der Waals surface area contributed by atoms with Gasteiger partial charge >= 0.3 is 5.97 Å². The lowest BCUT2D eigenvalue weighted by molar-refractivity contribution is 0.0585. The Bertz CT molecular complexity index is 418. The summed E-state index contributed by atoms with van der Waals surface area (Å²) in [5.74, 6) is -0.111. The highest BCUT2D eigenvalue weighted by atomic mass is 32.1. The molecule has 2 unspecified atom stereocenters. The van der Waals surface area contributed by atoms with Gasteiger partial charge in [-0.05, 0) is 6.07 Å². The van der Waals surface area contributed by atoms with Gasteiger partial charge in [0.25, 0.3) is 0 Å². The fourth-order valence-electron chi connectivity index (χ4n) is 1.72. The molecular formula is C11H12O4S. The van der Waals surface area contributed by atoms with E-state index < -0.39 is 17.5 Å². The van der Waals surface area contributed by atoms with Crippen LogP contribution in [0.5, 0.6) is 5.75 Å². The second-order valence-electron chi connectivity index (χ2n) is 3.54. The molecule has 86 valence electrons. The maximum absolute atomic E-state index is 11.5. The highest BCUT2D eigenvalue weighted by molar-refractivity contribution is 7.80. The van der Waals surface area contributed by atoms with Gasteiger partial charge in [-0.15, -0.1) is 12.6 Å². The van der Waals surface area contributed by atoms with Gasteiger partial charge in [0.1, 0.15) is 16.7 Å². The first-order valence-electron chi connectivity index (χ1n) is 4.87. The zero-order valence-electron chi connectivity index (χ0n) is 8.71. The fourth-order valence-corrected chi connectivity index (χ4v) is 2.03. The molecule has 4 nitrogen and oxygen atoms in total. The summed E-state index contributed by atoms with van der Waals surface area (Å²) >= 11 is 4.16. The summed E-state index contributed by atoms with van der Waals surface area (Å²) in [6, 6.07) is 5.02. The van der Waals surface area contributed by atoms with Gasteiger partial charge in [-0.3, -0.25) is 0 Å². The first kappa shape index (κ1) is 11.3. The van der Waals surface area contributed by atoms with Crippen LogP contribution in [0.25, 0.3) is 0 Å². The lowest BCUT2D eigenvalue weighted by atomic mass is 10.00. The van der Waals surface area contributed by atoms with Crippen LogP contribution in [0.3, 0.4) is 0 Å². The first-order valence-corrected chi connectivity index (χ1v) is 5.39. The number of hydrogen-bond donors (Lipinski definition) is 2. The Morgan fingerprint density at radius 1 is 1.62 bits per heavy atom. The van der Waals surface area contributed by atoms with Crippen LogP contribution in [0.15, 0.2) is 18.2 Å². The number of methoxy groups -OCH3 is 1. The van der Waals surface area contributed by atoms with E-state index in [1.54, 1.807) is 18.2 Å². The Kier molecular flexibility index (Phi) is 3.07. The topological polar surface area (TPSA) is 55.8 Å². The summed E-state index contributed by atoms with van der Waals surface area (Å²) in [6.45, 7) is 0. The minimum absolute atomic E-state index is 0.317. The van der Waals surface area contributed by atoms with Crippen molar-refractivity contribution in [3.05, 3.63) is 29.3 Å². The van der Waals surface area contributed by atoms with Gasteiger partial charge in [0.2, 0.25) is 0 Å². The average Bonchev–Trinajstić information content (AvgIpc) is 2.27. The van der Waals surface area contributed by atoms with Crippen LogP contribution in [0.1, 0.15) is 28.4 Å². The van der Waals surface area contributed by atoms with Crippen LogP contribution in [0.2, 0.25) is 0 Å². The lowest BCUT2D eigenvalue weighted by Gasteiger charge is -2.27. The van der Waals surface area contributed by atoms with E-state index in [1.165, 1.54) is 7.11 Å². The third-order valence-corrected chi connectivity index (χ3v) is 2.80. The second kappa shape index (κ2) is 4.35. The Balaban J connectivity index is 2.50. The molecule has 0 saturated heterocycles. The van der Waals surface area contributed by atoms with E-state index in [1.807, 2.05) is 0 Å². The zero-order valence-corrected chi connectivity index (χ0v) is 9.61. The highest BCUT2D eigenvalue weighted by Gasteiger charge is 2.28. The molecule has 0 saturated carbocycles. The van der Waals surface area contributed by atoms with Gasteiger partial charge in [-0.2, -0.15) is 0 Å². The minimum Gasteiger partial charge on any atom is -0.479 e. The largest absolute Gasteiger partial charge is 0.479 e. The maximum Gasteiger partial charge on any atom is 0.341 e. The van der Waals surface area contributed by atoms with Gasteiger partial charge < -0.3 is 14.6 Å². The van der Waals surface area contributed by atoms with E-state index in [9.17, 15) is 9.90 Å². The van der Waals surface area contributed by atoms with Crippen molar-refractivity contribution in [3.8, 4) is 5.75 Å². The van der Waals surface area contributed by atoms with E-state index in [0.717, 1.165) is 0 Å². The Morgan fingerprint density at radius 3 is 3.06 bits per heavy atom. The number of thiol groups is 1. The molecule has 1 aromatic rings. The molecule has 0 fully saturated rings. The standard InChI is InChI=1S/C11H12O4S/c1-14-11(13)7-4-2-3-6-8(12)5-9(16)15-10(6)7/h2-4,8-9,12,16H,5H2,1H3. The van der Waals surface area contributed by atoms with Gasteiger partial charge in [-0.1, -0.05) is 12.1 Å². The van der Waals surface area contributed by atoms with Crippen molar-refractivity contribution in [1.82, 2.24) is 0 Å². The van der Waals surface area contributed by atoms with Gasteiger partial charge in [0.05, 0.1) is 13.2 Å². The van der Waals surface area contributed by atoms with Crippen LogP contribution < -0.4 is 4.74 Å². The minimum atomic E-state index is -0.657. The predicted molar refractivity (Wildman–Crippen MR) is 60.8 cm³/mol. The van der Waals surface area contributed by atoms with Crippen LogP contribution in [-0.4, -0.2) is 23.6 Å². The third-order valence-electron chi connectivity index (χ3n) is 2.49. The average molecular weight is 240 g/mol. The number of aliphatic hydroxyl groups is 1. The number of fused-ring (bicyclic) bond motifs is 1. The van der Waals surface area contributed by atoms with E-state index in [2.05, 4.69) is 17.4 Å². The van der Waals surface area contributed by atoms with Crippen molar-refractivity contribution < 1.29 is 19.4 Å². The molecule has 0 bridgehead atoms. The Morgan fingerprint density at radius 2 is 2.38 bits per heavy atom. The number of hydrogen-bond acceptors (Lipinski definition) is 5. The number of esters is 1. The molecule has 0 amide bonds. The smallest absolute Gasteiger partial charge is 0.341 e. The maximum atomic E-state index is 11.5. The molecule has 1 aliphatic rings. The number of aliphatic hydroxyl groups excluding tert-OH is 1. The predicted octanol–water partition coefficient (Wildman–Crippen LogP) is 1.54. The van der Waals surface area contributed by atoms with E-state index in [4.69, 9.17) is 4.74 Å². The van der Waals surface area contributed by atoms with E-state index >= 15 is 0 Å². The number of benzene rings is 1. The van der Waals surface area contributed by atoms with Crippen molar-refractivity contribution in [2.24, 2.45) is 0 Å². The molecule has 0 spiro atoms. The van der Waals surface area contributed by atoms with Gasteiger partial charge in [0.15, 0.2) is 0 Å². The van der Waals surface area contributed by atoms with Crippen LogP contribution >= 0.6 is 12.6 Å². The van der Waals surface area contributed by atoms with Crippen molar-refractivity contribution >= 4 is 18.6 Å². The monoisotopic (exact) mass is 240 g/mol. The summed E-state index contributed by atoms with van der Waals surface area (Å²) in [5, 5.41) is 9.83. The quantitative estimate of drug-likeness (QED) is 0.577. The summed E-state index contributed by atoms with van der Waals surface area (Å²) < 4.78 is 10.1. The summed E-state index contributed by atoms with van der Waals surface area (Å²) in [7, 11) is 1.30. The van der Waals surface area contributed by atoms with Gasteiger partial charge in [-0.25, -0.2) is 4.79 Å². The summed E-state index contributed by atoms with van der Waals surface area (Å²) in [6.07, 6.45) is -0.253. The van der Waals surface area contributed by atoms with Crippen LogP contribution in [-0.2, 0) is 4.74 Å². The van der Waals surface area contributed by atoms with Crippen molar-refractivity contribution in [1.29, 1.82) is 0 Å². The Labute approximate surface area is 98.6 Å². The third kappa shape index (κ3) is 1.88. The molecule has 0 aliphatic carbocycles. The van der Waals surface area contributed by atoms with Crippen molar-refractivity contribution in [2.75, 3.05) is 7.11 Å². The van der Waals surface area contributed by atoms with Crippen molar-refractivity contribution in [3.63, 3.8) is 0 Å². The van der Waals surface area contributed by atoms with E-state index in [0.29, 0.717) is 23.3 Å². The number of rotatable bonds is 1. The number of ether oxygens (including phenoxy) is 2. The van der Waals surface area contributed by atoms with Gasteiger partial charge in [0, 0.05) is 12.0 Å². The molecular weight excluding hydrogens is 228 g/mol.